The molecular formula is C7H2F3IN2O5. The van der Waals surface area contributed by atoms with Gasteiger partial charge >= 0.3 is 12.3 Å². The zero-order valence-electron chi connectivity index (χ0n) is 8.06. The van der Waals surface area contributed by atoms with E-state index in [1.54, 1.807) is 0 Å². The summed E-state index contributed by atoms with van der Waals surface area (Å²) in [7, 11) is 0. The second kappa shape index (κ2) is 4.91. The molecular weight excluding hydrogens is 376 g/mol. The van der Waals surface area contributed by atoms with E-state index in [1.165, 1.54) is 22.6 Å². The number of carbonyl (C=O) groups is 1. The molecule has 7 nitrogen and oxygen atoms in total. The van der Waals surface area contributed by atoms with E-state index in [4.69, 9.17) is 5.11 Å². The largest absolute Gasteiger partial charge is 0.574 e. The molecule has 0 aliphatic carbocycles. The quantitative estimate of drug-likeness (QED) is 0.492. The van der Waals surface area contributed by atoms with Gasteiger partial charge in [-0.25, -0.2) is 9.78 Å². The summed E-state index contributed by atoms with van der Waals surface area (Å²) in [6, 6.07) is 0.404. The molecule has 0 bridgehead atoms. The molecule has 0 radical (unpaired) electrons. The van der Waals surface area contributed by atoms with E-state index in [0.29, 0.717) is 6.07 Å². The number of aromatic carboxylic acids is 1. The number of nitro groups is 1. The monoisotopic (exact) mass is 378 g/mol. The van der Waals surface area contributed by atoms with Crippen LogP contribution in [0.15, 0.2) is 6.07 Å². The number of carboxylic acid groups (broad SMARTS) is 1. The first-order chi connectivity index (χ1) is 8.11. The van der Waals surface area contributed by atoms with Crippen LogP contribution in [0.5, 0.6) is 5.88 Å². The van der Waals surface area contributed by atoms with E-state index in [9.17, 15) is 28.1 Å². The minimum absolute atomic E-state index is 0.389. The second-order valence-electron chi connectivity index (χ2n) is 2.75. The highest BCUT2D eigenvalue weighted by atomic mass is 127. The molecule has 11 heteroatoms. The van der Waals surface area contributed by atoms with Crippen LogP contribution in [0.3, 0.4) is 0 Å². The highest BCUT2D eigenvalue weighted by Crippen LogP contribution is 2.30. The fourth-order valence-corrected chi connectivity index (χ4v) is 1.64. The summed E-state index contributed by atoms with van der Waals surface area (Å²) in [6.45, 7) is 0. The number of pyridine rings is 1. The van der Waals surface area contributed by atoms with Gasteiger partial charge in [-0.15, -0.1) is 13.2 Å². The molecule has 1 aromatic rings. The summed E-state index contributed by atoms with van der Waals surface area (Å²) in [5.41, 5.74) is -1.72. The topological polar surface area (TPSA) is 103 Å². The number of aromatic nitrogens is 1. The van der Waals surface area contributed by atoms with Crippen molar-refractivity contribution in [1.82, 2.24) is 4.98 Å². The predicted molar refractivity (Wildman–Crippen MR) is 57.3 cm³/mol. The molecule has 0 fully saturated rings. The fourth-order valence-electron chi connectivity index (χ4n) is 0.939. The molecule has 0 saturated carbocycles. The maximum absolute atomic E-state index is 11.9. The number of hydrogen-bond donors (Lipinski definition) is 1. The van der Waals surface area contributed by atoms with Gasteiger partial charge in [0.2, 0.25) is 5.88 Å². The van der Waals surface area contributed by atoms with Crippen LogP contribution in [0.4, 0.5) is 18.9 Å². The number of nitrogens with zero attached hydrogens (tertiary/aromatic N) is 2. The van der Waals surface area contributed by atoms with Gasteiger partial charge in [0.15, 0.2) is 5.69 Å². The van der Waals surface area contributed by atoms with Crippen LogP contribution in [0.2, 0.25) is 0 Å². The number of carboxylic acids is 1. The van der Waals surface area contributed by atoms with Gasteiger partial charge in [0.25, 0.3) is 5.69 Å². The second-order valence-corrected chi connectivity index (χ2v) is 3.83. The Bertz CT molecular complexity index is 483. The highest BCUT2D eigenvalue weighted by molar-refractivity contribution is 14.1. The van der Waals surface area contributed by atoms with E-state index in [-0.39, 0.29) is 3.57 Å². The fraction of sp³-hybridized carbons (Fsp3) is 0.143. The maximum Gasteiger partial charge on any atom is 0.574 e. The van der Waals surface area contributed by atoms with Gasteiger partial charge in [0.1, 0.15) is 3.57 Å². The van der Waals surface area contributed by atoms with Crippen molar-refractivity contribution in [3.63, 3.8) is 0 Å². The highest BCUT2D eigenvalue weighted by Gasteiger charge is 2.34. The van der Waals surface area contributed by atoms with E-state index < -0.39 is 34.5 Å². The molecule has 1 heterocycles. The molecule has 1 aromatic heterocycles. The van der Waals surface area contributed by atoms with Crippen molar-refractivity contribution in [3.8, 4) is 5.88 Å². The lowest BCUT2D eigenvalue weighted by atomic mass is 10.3. The third-order valence-corrected chi connectivity index (χ3v) is 2.60. The van der Waals surface area contributed by atoms with Gasteiger partial charge in [0, 0.05) is 0 Å². The number of hydrogen-bond acceptors (Lipinski definition) is 5. The van der Waals surface area contributed by atoms with Crippen molar-refractivity contribution in [2.24, 2.45) is 0 Å². The minimum Gasteiger partial charge on any atom is -0.476 e. The Kier molecular flexibility index (Phi) is 3.93. The van der Waals surface area contributed by atoms with Crippen molar-refractivity contribution in [2.45, 2.75) is 6.36 Å². The number of ether oxygens (including phenoxy) is 1. The molecule has 1 N–H and O–H groups in total. The number of rotatable bonds is 3. The van der Waals surface area contributed by atoms with Gasteiger partial charge in [-0.1, -0.05) is 0 Å². The molecule has 98 valence electrons. The van der Waals surface area contributed by atoms with Gasteiger partial charge in [-0.2, -0.15) is 0 Å². The van der Waals surface area contributed by atoms with Crippen LogP contribution in [-0.4, -0.2) is 27.3 Å². The van der Waals surface area contributed by atoms with Crippen LogP contribution in [0, 0.1) is 13.7 Å². The van der Waals surface area contributed by atoms with Crippen molar-refractivity contribution in [1.29, 1.82) is 0 Å². The van der Waals surface area contributed by atoms with Crippen molar-refractivity contribution in [2.75, 3.05) is 0 Å². The number of halogens is 4. The molecule has 0 spiro atoms. The average Bonchev–Trinajstić information content (AvgIpc) is 2.17. The lowest BCUT2D eigenvalue weighted by Crippen LogP contribution is -2.19. The first kappa shape index (κ1) is 14.4. The zero-order chi connectivity index (χ0) is 14.1. The summed E-state index contributed by atoms with van der Waals surface area (Å²) in [5.74, 6) is -2.90. The molecule has 0 aliphatic rings. The number of alkyl halides is 3. The van der Waals surface area contributed by atoms with Gasteiger partial charge in [-0.05, 0) is 22.6 Å². The summed E-state index contributed by atoms with van der Waals surface area (Å²) in [5, 5.41) is 19.2. The van der Waals surface area contributed by atoms with Crippen LogP contribution >= 0.6 is 22.6 Å². The van der Waals surface area contributed by atoms with E-state index >= 15 is 0 Å². The van der Waals surface area contributed by atoms with Crippen LogP contribution in [0.25, 0.3) is 0 Å². The molecule has 18 heavy (non-hydrogen) atoms. The predicted octanol–water partition coefficient (Wildman–Crippen LogP) is 2.19. The average molecular weight is 378 g/mol. The summed E-state index contributed by atoms with van der Waals surface area (Å²) < 4.78 is 38.7. The Balaban J connectivity index is 3.38. The van der Waals surface area contributed by atoms with Gasteiger partial charge in [-0.3, -0.25) is 10.1 Å². The Hall–Kier alpha value is -1.66. The summed E-state index contributed by atoms with van der Waals surface area (Å²) in [6.07, 6.45) is -5.12. The maximum atomic E-state index is 11.9. The third kappa shape index (κ3) is 3.41. The van der Waals surface area contributed by atoms with Gasteiger partial charge < -0.3 is 9.84 Å². The summed E-state index contributed by atoms with van der Waals surface area (Å²) in [4.78, 5) is 23.3. The normalized spacial score (nSPS) is 11.1. The minimum atomic E-state index is -5.12. The Morgan fingerprint density at radius 2 is 2.11 bits per heavy atom. The Morgan fingerprint density at radius 3 is 2.50 bits per heavy atom. The molecule has 0 atom stereocenters. The SMILES string of the molecule is O=C(O)c1nc(OC(F)(F)F)cc([N+](=O)[O-])c1I. The van der Waals surface area contributed by atoms with Crippen molar-refractivity contribution >= 4 is 34.2 Å². The molecule has 0 amide bonds. The molecule has 0 aliphatic heterocycles. The van der Waals surface area contributed by atoms with Crippen molar-refractivity contribution < 1.29 is 32.7 Å². The van der Waals surface area contributed by atoms with E-state index in [2.05, 4.69) is 9.72 Å². The van der Waals surface area contributed by atoms with Gasteiger partial charge in [0.05, 0.1) is 11.0 Å². The van der Waals surface area contributed by atoms with Crippen LogP contribution in [-0.2, 0) is 0 Å². The molecule has 0 saturated heterocycles. The molecule has 1 rings (SSSR count). The Labute approximate surface area is 110 Å². The van der Waals surface area contributed by atoms with Crippen molar-refractivity contribution in [3.05, 3.63) is 25.4 Å². The molecule has 0 aromatic carbocycles. The Morgan fingerprint density at radius 1 is 1.56 bits per heavy atom. The van der Waals surface area contributed by atoms with Crippen LogP contribution in [0.1, 0.15) is 10.5 Å². The first-order valence-corrected chi connectivity index (χ1v) is 5.03. The standard InChI is InChI=1S/C7H2F3IN2O5/c8-7(9,10)18-3-1-2(13(16)17)4(11)5(12-3)6(14)15/h1H,(H,14,15). The van der Waals surface area contributed by atoms with Crippen LogP contribution < -0.4 is 4.74 Å². The van der Waals surface area contributed by atoms with E-state index in [1.807, 2.05) is 0 Å². The smallest absolute Gasteiger partial charge is 0.476 e. The lowest BCUT2D eigenvalue weighted by Gasteiger charge is -2.09. The lowest BCUT2D eigenvalue weighted by molar-refractivity contribution is -0.386. The third-order valence-electron chi connectivity index (χ3n) is 1.53. The zero-order valence-corrected chi connectivity index (χ0v) is 10.2. The molecule has 0 unspecified atom stereocenters. The summed E-state index contributed by atoms with van der Waals surface area (Å²) >= 11 is 1.30. The first-order valence-electron chi connectivity index (χ1n) is 3.96. The van der Waals surface area contributed by atoms with E-state index in [0.717, 1.165) is 0 Å².